The Morgan fingerprint density at radius 1 is 0.630 bits per heavy atom. The number of fused-ring (bicyclic) bond motifs is 9. The smallest absolute Gasteiger partial charge is 0.0621 e. The Morgan fingerprint density at radius 3 is 2.26 bits per heavy atom. The lowest BCUT2D eigenvalue weighted by Crippen LogP contribution is -2.17. The predicted molar refractivity (Wildman–Crippen MR) is 198 cm³/mol. The number of rotatable bonds is 5. The minimum Gasteiger partial charge on any atom is -0.336 e. The van der Waals surface area contributed by atoms with Gasteiger partial charge in [0, 0.05) is 59.9 Å². The zero-order valence-corrected chi connectivity index (χ0v) is 26.0. The number of anilines is 2. The molecule has 3 aromatic heterocycles. The summed E-state index contributed by atoms with van der Waals surface area (Å²) in [7, 11) is 0. The molecule has 10 rings (SSSR count). The van der Waals surface area contributed by atoms with E-state index in [1.807, 2.05) is 11.3 Å². The van der Waals surface area contributed by atoms with Crippen molar-refractivity contribution in [1.82, 2.24) is 4.40 Å². The van der Waals surface area contributed by atoms with Gasteiger partial charge in [0.2, 0.25) is 0 Å². The first-order valence-corrected chi connectivity index (χ1v) is 16.9. The molecule has 0 saturated heterocycles. The summed E-state index contributed by atoms with van der Waals surface area (Å²) in [5, 5.41) is 7.92. The summed E-state index contributed by atoms with van der Waals surface area (Å²) in [4.78, 5) is 2.55. The summed E-state index contributed by atoms with van der Waals surface area (Å²) in [6.07, 6.45) is 9.96. The minimum absolute atomic E-state index is 0.428. The molecule has 0 fully saturated rings. The molecule has 2 nitrogen and oxygen atoms in total. The number of allylic oxidation sites excluding steroid dienone is 4. The second kappa shape index (κ2) is 10.1. The van der Waals surface area contributed by atoms with E-state index in [4.69, 9.17) is 0 Å². The summed E-state index contributed by atoms with van der Waals surface area (Å²) in [5.74, 6) is 0.428. The van der Waals surface area contributed by atoms with Crippen LogP contribution in [0.2, 0.25) is 0 Å². The number of nitrogens with zero attached hydrogens (tertiary/aromatic N) is 2. The number of hydrogen-bond acceptors (Lipinski definition) is 2. The average molecular weight is 607 g/mol. The Labute approximate surface area is 271 Å². The van der Waals surface area contributed by atoms with E-state index in [0.29, 0.717) is 5.92 Å². The van der Waals surface area contributed by atoms with E-state index in [0.717, 1.165) is 13.0 Å². The van der Waals surface area contributed by atoms with Crippen LogP contribution in [0, 0.1) is 0 Å². The van der Waals surface area contributed by atoms with Gasteiger partial charge in [-0.25, -0.2) is 0 Å². The third-order valence-corrected chi connectivity index (χ3v) is 11.2. The van der Waals surface area contributed by atoms with Crippen LogP contribution < -0.4 is 4.90 Å². The normalized spacial score (nSPS) is 15.0. The summed E-state index contributed by atoms with van der Waals surface area (Å²) in [6.45, 7) is 0.775. The Bertz CT molecular complexity index is 2650. The molecule has 3 heteroatoms. The van der Waals surface area contributed by atoms with Crippen molar-refractivity contribution >= 4 is 81.0 Å². The highest BCUT2D eigenvalue weighted by Gasteiger charge is 2.23. The second-order valence-corrected chi connectivity index (χ2v) is 13.5. The van der Waals surface area contributed by atoms with Crippen LogP contribution in [0.25, 0.3) is 58.3 Å². The Balaban J connectivity index is 1.21. The van der Waals surface area contributed by atoms with Crippen molar-refractivity contribution in [3.8, 4) is 0 Å². The standard InChI is InChI=1S/C43H30N2S/c1-2-11-28(12-3-1)29-23-25-31(26-24-29)44(27-30-13-8-17-35-33-15-5-7-22-40(33)46-43(30)35)38-20-10-21-39-41(38)36-18-9-16-34-32-14-4-6-19-37(32)45(39)42(34)36/h1-11,13-26,28H,12,27H2. The molecule has 46 heavy (non-hydrogen) atoms. The van der Waals surface area contributed by atoms with Crippen LogP contribution >= 0.6 is 11.3 Å². The lowest BCUT2D eigenvalue weighted by Gasteiger charge is -2.27. The van der Waals surface area contributed by atoms with Crippen molar-refractivity contribution in [2.75, 3.05) is 4.90 Å². The topological polar surface area (TPSA) is 7.65 Å². The fraction of sp³-hybridized carbons (Fsp3) is 0.0698. The highest BCUT2D eigenvalue weighted by Crippen LogP contribution is 2.45. The van der Waals surface area contributed by atoms with Crippen molar-refractivity contribution in [3.05, 3.63) is 163 Å². The van der Waals surface area contributed by atoms with Gasteiger partial charge < -0.3 is 9.30 Å². The zero-order chi connectivity index (χ0) is 30.2. The van der Waals surface area contributed by atoms with E-state index in [1.54, 1.807) is 0 Å². The molecule has 1 atom stereocenters. The number of thiophene rings is 1. The van der Waals surface area contributed by atoms with E-state index in [-0.39, 0.29) is 0 Å². The first kappa shape index (κ1) is 25.9. The highest BCUT2D eigenvalue weighted by molar-refractivity contribution is 7.26. The van der Waals surface area contributed by atoms with Crippen molar-refractivity contribution in [3.63, 3.8) is 0 Å². The van der Waals surface area contributed by atoms with E-state index < -0.39 is 0 Å². The number of benzene rings is 6. The van der Waals surface area contributed by atoms with Crippen LogP contribution in [-0.2, 0) is 6.54 Å². The first-order valence-electron chi connectivity index (χ1n) is 16.1. The van der Waals surface area contributed by atoms with Gasteiger partial charge in [-0.3, -0.25) is 0 Å². The quantitative estimate of drug-likeness (QED) is 0.189. The van der Waals surface area contributed by atoms with Gasteiger partial charge in [-0.15, -0.1) is 11.3 Å². The van der Waals surface area contributed by atoms with Gasteiger partial charge >= 0.3 is 0 Å². The molecule has 0 radical (unpaired) electrons. The third-order valence-electron chi connectivity index (χ3n) is 9.94. The van der Waals surface area contributed by atoms with Gasteiger partial charge in [-0.2, -0.15) is 0 Å². The molecule has 0 bridgehead atoms. The number of aromatic nitrogens is 1. The molecule has 6 aromatic carbocycles. The second-order valence-electron chi connectivity index (χ2n) is 12.5. The molecule has 1 aliphatic rings. The first-order chi connectivity index (χ1) is 22.8. The van der Waals surface area contributed by atoms with E-state index >= 15 is 0 Å². The Hall–Kier alpha value is -5.38. The van der Waals surface area contributed by atoms with Gasteiger partial charge in [0.1, 0.15) is 0 Å². The molecule has 1 aliphatic carbocycles. The molecule has 0 amide bonds. The summed E-state index contributed by atoms with van der Waals surface area (Å²) < 4.78 is 5.20. The lowest BCUT2D eigenvalue weighted by molar-refractivity contribution is 0.853. The van der Waals surface area contributed by atoms with Gasteiger partial charge in [-0.1, -0.05) is 115 Å². The van der Waals surface area contributed by atoms with Gasteiger partial charge in [-0.05, 0) is 53.9 Å². The largest absolute Gasteiger partial charge is 0.336 e. The van der Waals surface area contributed by atoms with Crippen LogP contribution in [-0.4, -0.2) is 4.40 Å². The van der Waals surface area contributed by atoms with Crippen molar-refractivity contribution < 1.29 is 0 Å². The number of hydrogen-bond donors (Lipinski definition) is 0. The van der Waals surface area contributed by atoms with Crippen molar-refractivity contribution in [2.24, 2.45) is 0 Å². The monoisotopic (exact) mass is 606 g/mol. The molecule has 218 valence electrons. The minimum atomic E-state index is 0.428. The fourth-order valence-electron chi connectivity index (χ4n) is 7.83. The molecule has 0 spiro atoms. The van der Waals surface area contributed by atoms with E-state index in [9.17, 15) is 0 Å². The van der Waals surface area contributed by atoms with Crippen molar-refractivity contribution in [1.29, 1.82) is 0 Å². The SMILES string of the molecule is C1=CCC(c2ccc(N(Cc3cccc4c3sc3ccccc34)c3cccc4c3c3cccc5c6ccccc6n4c53)cc2)C=C1. The fourth-order valence-corrected chi connectivity index (χ4v) is 9.04. The molecule has 0 saturated carbocycles. The van der Waals surface area contributed by atoms with Crippen LogP contribution in [0.3, 0.4) is 0 Å². The van der Waals surface area contributed by atoms with E-state index in [1.165, 1.54) is 80.8 Å². The molecule has 9 aromatic rings. The van der Waals surface area contributed by atoms with Crippen LogP contribution in [0.1, 0.15) is 23.5 Å². The Kier molecular flexibility index (Phi) is 5.67. The van der Waals surface area contributed by atoms with Gasteiger partial charge in [0.05, 0.1) is 22.2 Å². The van der Waals surface area contributed by atoms with Crippen molar-refractivity contribution in [2.45, 2.75) is 18.9 Å². The summed E-state index contributed by atoms with van der Waals surface area (Å²) in [5.41, 5.74) is 8.99. The predicted octanol–water partition coefficient (Wildman–Crippen LogP) is 12.1. The average Bonchev–Trinajstić information content (AvgIpc) is 3.79. The summed E-state index contributed by atoms with van der Waals surface area (Å²) >= 11 is 1.91. The van der Waals surface area contributed by atoms with Crippen LogP contribution in [0.5, 0.6) is 0 Å². The van der Waals surface area contributed by atoms with E-state index in [2.05, 4.69) is 161 Å². The zero-order valence-electron chi connectivity index (χ0n) is 25.2. The van der Waals surface area contributed by atoms with Gasteiger partial charge in [0.15, 0.2) is 0 Å². The maximum atomic E-state index is 2.55. The molecule has 0 aliphatic heterocycles. The van der Waals surface area contributed by atoms with Crippen LogP contribution in [0.4, 0.5) is 11.4 Å². The summed E-state index contributed by atoms with van der Waals surface area (Å²) in [6, 6.07) is 47.4. The third kappa shape index (κ3) is 3.76. The van der Waals surface area contributed by atoms with Gasteiger partial charge in [0.25, 0.3) is 0 Å². The maximum absolute atomic E-state index is 2.55. The molecular formula is C43H30N2S. The molecule has 0 N–H and O–H groups in total. The maximum Gasteiger partial charge on any atom is 0.0621 e. The lowest BCUT2D eigenvalue weighted by atomic mass is 9.92. The highest BCUT2D eigenvalue weighted by atomic mass is 32.1. The Morgan fingerprint density at radius 2 is 1.37 bits per heavy atom. The number of para-hydroxylation sites is 2. The van der Waals surface area contributed by atoms with Crippen LogP contribution in [0.15, 0.2) is 152 Å². The molecule has 3 heterocycles. The molecule has 1 unspecified atom stereocenters. The molecular weight excluding hydrogens is 577 g/mol.